The number of nitrogens with zero attached hydrogens (tertiary/aromatic N) is 1. The molecule has 1 aromatic carbocycles. The summed E-state index contributed by atoms with van der Waals surface area (Å²) in [6, 6.07) is 10.1. The predicted molar refractivity (Wildman–Crippen MR) is 72.7 cm³/mol. The molecule has 3 fully saturated rings. The normalized spacial score (nSPS) is 35.6. The van der Waals surface area contributed by atoms with Crippen LogP contribution in [0.4, 0.5) is 0 Å². The molecule has 3 aliphatic heterocycles. The molecule has 0 bridgehead atoms. The molecule has 5 nitrogen and oxygen atoms in total. The van der Waals surface area contributed by atoms with Crippen molar-refractivity contribution in [3.8, 4) is 0 Å². The Morgan fingerprint density at radius 2 is 1.80 bits per heavy atom. The summed E-state index contributed by atoms with van der Waals surface area (Å²) in [7, 11) is 0. The molecule has 3 saturated heterocycles. The van der Waals surface area contributed by atoms with E-state index in [1.165, 1.54) is 5.56 Å². The molecule has 0 radical (unpaired) electrons. The average Bonchev–Trinajstić information content (AvgIpc) is 2.85. The van der Waals surface area contributed by atoms with Gasteiger partial charge in [0.25, 0.3) is 0 Å². The molecule has 2 N–H and O–H groups in total. The standard InChI is InChI=1S/C15H17N3O2/c19-12-14(8-16-12)7-15(9-17-13(15)20)18(10-14)6-11-4-2-1-3-5-11/h1-5H,6-10H2,(H,16,19)(H,17,20). The molecule has 3 heterocycles. The van der Waals surface area contributed by atoms with E-state index >= 15 is 0 Å². The van der Waals surface area contributed by atoms with Gasteiger partial charge in [0.05, 0.1) is 5.41 Å². The Balaban J connectivity index is 1.63. The van der Waals surface area contributed by atoms with Crippen molar-refractivity contribution in [2.45, 2.75) is 18.5 Å². The van der Waals surface area contributed by atoms with Gasteiger partial charge in [-0.25, -0.2) is 0 Å². The number of benzene rings is 1. The van der Waals surface area contributed by atoms with E-state index < -0.39 is 5.54 Å². The van der Waals surface area contributed by atoms with E-state index in [4.69, 9.17) is 0 Å². The van der Waals surface area contributed by atoms with E-state index in [0.717, 1.165) is 6.54 Å². The lowest BCUT2D eigenvalue weighted by atomic mass is 9.73. The zero-order valence-corrected chi connectivity index (χ0v) is 11.2. The van der Waals surface area contributed by atoms with Gasteiger partial charge in [-0.3, -0.25) is 14.5 Å². The maximum absolute atomic E-state index is 12.1. The molecule has 20 heavy (non-hydrogen) atoms. The zero-order chi connectivity index (χ0) is 13.8. The molecular weight excluding hydrogens is 254 g/mol. The minimum Gasteiger partial charge on any atom is -0.354 e. The average molecular weight is 271 g/mol. The van der Waals surface area contributed by atoms with Gasteiger partial charge < -0.3 is 10.6 Å². The highest BCUT2D eigenvalue weighted by atomic mass is 16.2. The highest BCUT2D eigenvalue weighted by Crippen LogP contribution is 2.47. The first kappa shape index (κ1) is 11.9. The topological polar surface area (TPSA) is 61.4 Å². The second-order valence-corrected chi connectivity index (χ2v) is 6.20. The van der Waals surface area contributed by atoms with E-state index in [-0.39, 0.29) is 17.2 Å². The molecule has 1 aromatic rings. The lowest BCUT2D eigenvalue weighted by Gasteiger charge is -2.44. The Morgan fingerprint density at radius 3 is 2.30 bits per heavy atom. The van der Waals surface area contributed by atoms with Crippen molar-refractivity contribution >= 4 is 11.8 Å². The molecular formula is C15H17N3O2. The van der Waals surface area contributed by atoms with E-state index in [9.17, 15) is 9.59 Å². The summed E-state index contributed by atoms with van der Waals surface area (Å²) in [6.07, 6.45) is 0.657. The summed E-state index contributed by atoms with van der Waals surface area (Å²) < 4.78 is 0. The third-order valence-electron chi connectivity index (χ3n) is 4.98. The molecule has 2 unspecified atom stereocenters. The smallest absolute Gasteiger partial charge is 0.242 e. The van der Waals surface area contributed by atoms with E-state index in [1.54, 1.807) is 0 Å². The minimum atomic E-state index is -0.465. The van der Waals surface area contributed by atoms with Crippen molar-refractivity contribution in [2.24, 2.45) is 5.41 Å². The number of nitrogens with one attached hydrogen (secondary N) is 2. The Hall–Kier alpha value is -1.88. The number of hydrogen-bond acceptors (Lipinski definition) is 3. The third-order valence-corrected chi connectivity index (χ3v) is 4.98. The first-order valence-electron chi connectivity index (χ1n) is 7.00. The predicted octanol–water partition coefficient (Wildman–Crippen LogP) is -0.123. The van der Waals surface area contributed by atoms with Gasteiger partial charge in [-0.15, -0.1) is 0 Å². The zero-order valence-electron chi connectivity index (χ0n) is 11.2. The molecule has 5 heteroatoms. The largest absolute Gasteiger partial charge is 0.354 e. The van der Waals surface area contributed by atoms with Crippen LogP contribution in [0.3, 0.4) is 0 Å². The van der Waals surface area contributed by atoms with Crippen LogP contribution in [0, 0.1) is 5.41 Å². The Bertz CT molecular complexity index is 588. The van der Waals surface area contributed by atoms with Crippen LogP contribution in [0.15, 0.2) is 30.3 Å². The summed E-state index contributed by atoms with van der Waals surface area (Å²) in [5.41, 5.74) is 0.378. The SMILES string of the molecule is O=C1NCC12CN(Cc1ccccc1)C1(CNC1=O)C2. The summed E-state index contributed by atoms with van der Waals surface area (Å²) in [5, 5.41) is 5.67. The van der Waals surface area contributed by atoms with Gasteiger partial charge in [-0.1, -0.05) is 30.3 Å². The van der Waals surface area contributed by atoms with Crippen LogP contribution in [0.5, 0.6) is 0 Å². The van der Waals surface area contributed by atoms with Crippen LogP contribution in [-0.2, 0) is 16.1 Å². The number of β-lactam (4-membered cyclic amide) rings is 2. The lowest BCUT2D eigenvalue weighted by Crippen LogP contribution is -2.70. The molecule has 0 saturated carbocycles. The summed E-state index contributed by atoms with van der Waals surface area (Å²) in [6.45, 7) is 2.77. The quantitative estimate of drug-likeness (QED) is 0.737. The second-order valence-electron chi connectivity index (χ2n) is 6.20. The van der Waals surface area contributed by atoms with Gasteiger partial charge >= 0.3 is 0 Å². The van der Waals surface area contributed by atoms with Gasteiger partial charge in [0.15, 0.2) is 0 Å². The van der Waals surface area contributed by atoms with Crippen LogP contribution in [0.2, 0.25) is 0 Å². The van der Waals surface area contributed by atoms with Crippen LogP contribution >= 0.6 is 0 Å². The molecule has 0 aromatic heterocycles. The molecule has 2 amide bonds. The van der Waals surface area contributed by atoms with E-state index in [1.807, 2.05) is 18.2 Å². The van der Waals surface area contributed by atoms with Gasteiger partial charge in [0, 0.05) is 26.2 Å². The third kappa shape index (κ3) is 1.41. The molecule has 104 valence electrons. The van der Waals surface area contributed by atoms with Gasteiger partial charge in [-0.05, 0) is 12.0 Å². The van der Waals surface area contributed by atoms with Gasteiger partial charge in [0.1, 0.15) is 5.54 Å². The second kappa shape index (κ2) is 3.82. The van der Waals surface area contributed by atoms with E-state index in [0.29, 0.717) is 26.1 Å². The maximum atomic E-state index is 12.1. The first-order chi connectivity index (χ1) is 9.65. The number of hydrogen-bond donors (Lipinski definition) is 2. The van der Waals surface area contributed by atoms with Crippen molar-refractivity contribution in [3.63, 3.8) is 0 Å². The summed E-state index contributed by atoms with van der Waals surface area (Å²) in [5.74, 6) is 0.178. The highest BCUT2D eigenvalue weighted by Gasteiger charge is 2.66. The van der Waals surface area contributed by atoms with Crippen molar-refractivity contribution < 1.29 is 9.59 Å². The summed E-state index contributed by atoms with van der Waals surface area (Å²) in [4.78, 5) is 26.2. The van der Waals surface area contributed by atoms with Crippen LogP contribution in [-0.4, -0.2) is 41.9 Å². The van der Waals surface area contributed by atoms with Crippen molar-refractivity contribution in [3.05, 3.63) is 35.9 Å². The lowest BCUT2D eigenvalue weighted by molar-refractivity contribution is -0.142. The number of carbonyl (C=O) groups is 2. The van der Waals surface area contributed by atoms with E-state index in [2.05, 4.69) is 27.7 Å². The van der Waals surface area contributed by atoms with Crippen LogP contribution in [0.25, 0.3) is 0 Å². The first-order valence-corrected chi connectivity index (χ1v) is 7.00. The molecule has 2 spiro atoms. The summed E-state index contributed by atoms with van der Waals surface area (Å²) >= 11 is 0. The molecule has 4 rings (SSSR count). The molecule has 2 atom stereocenters. The van der Waals surface area contributed by atoms with Crippen LogP contribution in [0.1, 0.15) is 12.0 Å². The Labute approximate surface area is 117 Å². The maximum Gasteiger partial charge on any atom is 0.242 e. The Kier molecular flexibility index (Phi) is 2.27. The monoisotopic (exact) mass is 271 g/mol. The highest BCUT2D eigenvalue weighted by molar-refractivity contribution is 5.97. The fourth-order valence-electron chi connectivity index (χ4n) is 3.70. The van der Waals surface area contributed by atoms with Crippen molar-refractivity contribution in [1.29, 1.82) is 0 Å². The number of carbonyl (C=O) groups excluding carboxylic acids is 2. The van der Waals surface area contributed by atoms with Gasteiger partial charge in [-0.2, -0.15) is 0 Å². The van der Waals surface area contributed by atoms with Crippen LogP contribution < -0.4 is 10.6 Å². The minimum absolute atomic E-state index is 0.0741. The number of amides is 2. The fraction of sp³-hybridized carbons (Fsp3) is 0.467. The van der Waals surface area contributed by atoms with Crippen molar-refractivity contribution in [1.82, 2.24) is 15.5 Å². The molecule has 3 aliphatic rings. The Morgan fingerprint density at radius 1 is 1.05 bits per heavy atom. The number of rotatable bonds is 2. The fourth-order valence-corrected chi connectivity index (χ4v) is 3.70. The van der Waals surface area contributed by atoms with Gasteiger partial charge in [0.2, 0.25) is 11.8 Å². The number of likely N-dealkylation sites (tertiary alicyclic amines) is 1. The molecule has 0 aliphatic carbocycles. The van der Waals surface area contributed by atoms with Crippen molar-refractivity contribution in [2.75, 3.05) is 19.6 Å².